The largest absolute Gasteiger partial charge is 0.293 e. The zero-order valence-corrected chi connectivity index (χ0v) is 15.7. The summed E-state index contributed by atoms with van der Waals surface area (Å²) >= 11 is 1.49. The van der Waals surface area contributed by atoms with Gasteiger partial charge in [-0.1, -0.05) is 61.2 Å². The van der Waals surface area contributed by atoms with Crippen LogP contribution in [-0.4, -0.2) is 20.9 Å². The standard InChI is InChI=1S/C22H17N3OS/c1-2-15-12-21(27-14-20(26)16-8-4-3-5-9-16)25-19-11-7-6-10-18(19)24-22(25)17(15)13-23/h3-12H,2,14H2,1H3. The number of nitriles is 1. The average Bonchev–Trinajstić information content (AvgIpc) is 3.11. The molecule has 0 bridgehead atoms. The van der Waals surface area contributed by atoms with Crippen molar-refractivity contribution < 1.29 is 4.79 Å². The van der Waals surface area contributed by atoms with Crippen LogP contribution in [0.4, 0.5) is 0 Å². The van der Waals surface area contributed by atoms with Gasteiger partial charge in [0.25, 0.3) is 0 Å². The Balaban J connectivity index is 1.82. The second-order valence-electron chi connectivity index (χ2n) is 6.19. The molecule has 0 aliphatic heterocycles. The number of para-hydroxylation sites is 2. The molecule has 0 N–H and O–H groups in total. The van der Waals surface area contributed by atoms with Gasteiger partial charge in [0.2, 0.25) is 0 Å². The number of nitrogens with zero attached hydrogens (tertiary/aromatic N) is 3. The number of hydrogen-bond acceptors (Lipinski definition) is 4. The minimum Gasteiger partial charge on any atom is -0.293 e. The molecule has 2 aromatic carbocycles. The number of thioether (sulfide) groups is 1. The zero-order valence-electron chi connectivity index (χ0n) is 14.8. The molecule has 0 amide bonds. The Labute approximate surface area is 161 Å². The Morgan fingerprint density at radius 1 is 1.15 bits per heavy atom. The molecule has 5 heteroatoms. The van der Waals surface area contributed by atoms with Gasteiger partial charge in [-0.3, -0.25) is 9.20 Å². The first-order valence-electron chi connectivity index (χ1n) is 8.77. The minimum atomic E-state index is 0.0839. The molecule has 132 valence electrons. The molecule has 0 fully saturated rings. The Morgan fingerprint density at radius 3 is 2.63 bits per heavy atom. The van der Waals surface area contributed by atoms with E-state index in [2.05, 4.69) is 11.1 Å². The lowest BCUT2D eigenvalue weighted by Gasteiger charge is -2.11. The molecule has 2 heterocycles. The lowest BCUT2D eigenvalue weighted by molar-refractivity contribution is 0.102. The number of aryl methyl sites for hydroxylation is 1. The monoisotopic (exact) mass is 371 g/mol. The molecule has 0 aliphatic rings. The van der Waals surface area contributed by atoms with Crippen LogP contribution in [0.5, 0.6) is 0 Å². The van der Waals surface area contributed by atoms with E-state index in [0.717, 1.165) is 28.0 Å². The Bertz CT molecular complexity index is 1190. The van der Waals surface area contributed by atoms with Gasteiger partial charge in [0, 0.05) is 5.56 Å². The highest BCUT2D eigenvalue weighted by Crippen LogP contribution is 2.30. The molecule has 4 rings (SSSR count). The summed E-state index contributed by atoms with van der Waals surface area (Å²) in [6.45, 7) is 2.03. The molecule has 4 nitrogen and oxygen atoms in total. The lowest BCUT2D eigenvalue weighted by Crippen LogP contribution is -2.04. The second-order valence-corrected chi connectivity index (χ2v) is 7.18. The van der Waals surface area contributed by atoms with Gasteiger partial charge in [-0.05, 0) is 30.2 Å². The van der Waals surface area contributed by atoms with Gasteiger partial charge in [-0.2, -0.15) is 5.26 Å². The molecular formula is C22H17N3OS. The van der Waals surface area contributed by atoms with Crippen LogP contribution in [0.1, 0.15) is 28.4 Å². The van der Waals surface area contributed by atoms with E-state index in [0.29, 0.717) is 22.5 Å². The van der Waals surface area contributed by atoms with E-state index in [4.69, 9.17) is 0 Å². The maximum atomic E-state index is 12.5. The number of imidazole rings is 1. The van der Waals surface area contributed by atoms with Gasteiger partial charge in [0.05, 0.1) is 27.4 Å². The summed E-state index contributed by atoms with van der Waals surface area (Å²) in [4.78, 5) is 17.2. The maximum Gasteiger partial charge on any atom is 0.173 e. The van der Waals surface area contributed by atoms with Gasteiger partial charge < -0.3 is 0 Å². The molecule has 0 saturated heterocycles. The van der Waals surface area contributed by atoms with Crippen molar-refractivity contribution in [1.82, 2.24) is 9.38 Å². The van der Waals surface area contributed by atoms with Crippen molar-refractivity contribution in [2.24, 2.45) is 0 Å². The topological polar surface area (TPSA) is 58.2 Å². The summed E-state index contributed by atoms with van der Waals surface area (Å²) < 4.78 is 2.00. The summed E-state index contributed by atoms with van der Waals surface area (Å²) in [5.74, 6) is 0.418. The number of hydrogen-bond donors (Lipinski definition) is 0. The van der Waals surface area contributed by atoms with Crippen LogP contribution in [0.3, 0.4) is 0 Å². The maximum absolute atomic E-state index is 12.5. The summed E-state index contributed by atoms with van der Waals surface area (Å²) in [5, 5.41) is 10.6. The lowest BCUT2D eigenvalue weighted by atomic mass is 10.1. The van der Waals surface area contributed by atoms with Gasteiger partial charge >= 0.3 is 0 Å². The van der Waals surface area contributed by atoms with Crippen LogP contribution in [-0.2, 0) is 6.42 Å². The number of fused-ring (bicyclic) bond motifs is 3. The van der Waals surface area contributed by atoms with Crippen LogP contribution in [0, 0.1) is 11.3 Å². The van der Waals surface area contributed by atoms with Gasteiger partial charge in [-0.25, -0.2) is 4.98 Å². The predicted octanol–water partition coefficient (Wildman–Crippen LogP) is 4.90. The Hall–Kier alpha value is -3.10. The fraction of sp³-hybridized carbons (Fsp3) is 0.136. The fourth-order valence-corrected chi connectivity index (χ4v) is 4.19. The molecule has 0 saturated carbocycles. The van der Waals surface area contributed by atoms with Crippen molar-refractivity contribution in [3.63, 3.8) is 0 Å². The summed E-state index contributed by atoms with van der Waals surface area (Å²) in [6.07, 6.45) is 0.739. The van der Waals surface area contributed by atoms with Crippen molar-refractivity contribution in [1.29, 1.82) is 5.26 Å². The highest BCUT2D eigenvalue weighted by atomic mass is 32.2. The second kappa shape index (κ2) is 7.26. The van der Waals surface area contributed by atoms with Crippen molar-refractivity contribution in [3.05, 3.63) is 77.4 Å². The zero-order chi connectivity index (χ0) is 18.8. The third kappa shape index (κ3) is 3.09. The normalized spacial score (nSPS) is 11.0. The van der Waals surface area contributed by atoms with E-state index in [1.165, 1.54) is 11.8 Å². The minimum absolute atomic E-state index is 0.0839. The number of rotatable bonds is 5. The highest BCUT2D eigenvalue weighted by molar-refractivity contribution is 8.00. The summed E-state index contributed by atoms with van der Waals surface area (Å²) in [5.41, 5.74) is 4.72. The molecular weight excluding hydrogens is 354 g/mol. The van der Waals surface area contributed by atoms with Crippen LogP contribution in [0.15, 0.2) is 65.7 Å². The third-order valence-corrected chi connectivity index (χ3v) is 5.57. The van der Waals surface area contributed by atoms with Crippen LogP contribution < -0.4 is 0 Å². The molecule has 27 heavy (non-hydrogen) atoms. The molecule has 0 aliphatic carbocycles. The van der Waals surface area contributed by atoms with Crippen LogP contribution in [0.2, 0.25) is 0 Å². The van der Waals surface area contributed by atoms with Crippen molar-refractivity contribution in [2.75, 3.05) is 5.75 Å². The van der Waals surface area contributed by atoms with Gasteiger partial charge in [-0.15, -0.1) is 0 Å². The number of carbonyl (C=O) groups is 1. The summed E-state index contributed by atoms with van der Waals surface area (Å²) in [6, 6.07) is 21.5. The van der Waals surface area contributed by atoms with E-state index in [1.807, 2.05) is 72.0 Å². The van der Waals surface area contributed by atoms with Gasteiger partial charge in [0.1, 0.15) is 6.07 Å². The molecule has 0 unspecified atom stereocenters. The summed E-state index contributed by atoms with van der Waals surface area (Å²) in [7, 11) is 0. The average molecular weight is 371 g/mol. The number of carbonyl (C=O) groups excluding carboxylic acids is 1. The number of ketones is 1. The van der Waals surface area contributed by atoms with Crippen molar-refractivity contribution >= 4 is 34.2 Å². The Kier molecular flexibility index (Phi) is 4.66. The molecule has 4 aromatic rings. The smallest absolute Gasteiger partial charge is 0.173 e. The first-order chi connectivity index (χ1) is 13.2. The molecule has 0 atom stereocenters. The molecule has 0 spiro atoms. The third-order valence-electron chi connectivity index (χ3n) is 4.56. The Morgan fingerprint density at radius 2 is 1.89 bits per heavy atom. The number of Topliss-reactive ketones (excluding diaryl/α,β-unsaturated/α-hetero) is 1. The first kappa shape index (κ1) is 17.3. The van der Waals surface area contributed by atoms with E-state index in [9.17, 15) is 10.1 Å². The van der Waals surface area contributed by atoms with E-state index < -0.39 is 0 Å². The molecule has 0 radical (unpaired) electrons. The van der Waals surface area contributed by atoms with E-state index in [1.54, 1.807) is 0 Å². The van der Waals surface area contributed by atoms with Gasteiger partial charge in [0.15, 0.2) is 11.4 Å². The predicted molar refractivity (Wildman–Crippen MR) is 108 cm³/mol. The molecule has 2 aromatic heterocycles. The SMILES string of the molecule is CCc1cc(SCC(=O)c2ccccc2)n2c(nc3ccccc32)c1C#N. The van der Waals surface area contributed by atoms with Crippen molar-refractivity contribution in [2.45, 2.75) is 18.4 Å². The number of benzene rings is 2. The van der Waals surface area contributed by atoms with E-state index >= 15 is 0 Å². The number of pyridine rings is 1. The first-order valence-corrected chi connectivity index (χ1v) is 9.75. The number of aromatic nitrogens is 2. The highest BCUT2D eigenvalue weighted by Gasteiger charge is 2.17. The van der Waals surface area contributed by atoms with Crippen LogP contribution >= 0.6 is 11.8 Å². The fourth-order valence-electron chi connectivity index (χ4n) is 3.20. The van der Waals surface area contributed by atoms with Crippen LogP contribution in [0.25, 0.3) is 16.7 Å². The van der Waals surface area contributed by atoms with Crippen molar-refractivity contribution in [3.8, 4) is 6.07 Å². The van der Waals surface area contributed by atoms with E-state index in [-0.39, 0.29) is 5.78 Å². The quantitative estimate of drug-likeness (QED) is 0.370.